The number of aryl methyl sites for hydroxylation is 1. The summed E-state index contributed by atoms with van der Waals surface area (Å²) in [5, 5.41) is 6.82. The Labute approximate surface area is 197 Å². The maximum atomic E-state index is 6.15. The van der Waals surface area contributed by atoms with Crippen LogP contribution in [0, 0.1) is 5.92 Å². The molecule has 2 aliphatic heterocycles. The molecule has 1 fully saturated rings. The molecule has 0 saturated carbocycles. The highest BCUT2D eigenvalue weighted by molar-refractivity contribution is 9.10. The van der Waals surface area contributed by atoms with Crippen LogP contribution in [0.3, 0.4) is 0 Å². The lowest BCUT2D eigenvalue weighted by Gasteiger charge is -2.30. The number of piperidine rings is 1. The Balaban J connectivity index is 1.24. The van der Waals surface area contributed by atoms with Crippen LogP contribution in [0.5, 0.6) is 5.75 Å². The van der Waals surface area contributed by atoms with Gasteiger partial charge >= 0.3 is 0 Å². The summed E-state index contributed by atoms with van der Waals surface area (Å²) in [5.41, 5.74) is 2.95. The van der Waals surface area contributed by atoms with E-state index in [0.717, 1.165) is 70.7 Å². The zero-order valence-corrected chi connectivity index (χ0v) is 19.8. The van der Waals surface area contributed by atoms with Gasteiger partial charge in [0.25, 0.3) is 0 Å². The highest BCUT2D eigenvalue weighted by Gasteiger charge is 2.17. The fourth-order valence-electron chi connectivity index (χ4n) is 4.28. The zero-order chi connectivity index (χ0) is 21.9. The van der Waals surface area contributed by atoms with Gasteiger partial charge in [0.2, 0.25) is 5.95 Å². The van der Waals surface area contributed by atoms with E-state index in [1.165, 1.54) is 12.8 Å². The van der Waals surface area contributed by atoms with Gasteiger partial charge in [-0.25, -0.2) is 4.98 Å². The third kappa shape index (κ3) is 4.84. The van der Waals surface area contributed by atoms with Gasteiger partial charge in [0, 0.05) is 42.6 Å². The number of hydrogen-bond acceptors (Lipinski definition) is 5. The van der Waals surface area contributed by atoms with Crippen molar-refractivity contribution in [3.05, 3.63) is 71.0 Å². The van der Waals surface area contributed by atoms with Gasteiger partial charge in [0.05, 0.1) is 11.0 Å². The number of ether oxygens (including phenoxy) is 1. The molecular formula is C25H28BrN5O. The van der Waals surface area contributed by atoms with Crippen molar-refractivity contribution in [2.45, 2.75) is 12.8 Å². The number of anilines is 2. The summed E-state index contributed by atoms with van der Waals surface area (Å²) < 4.78 is 9.25. The maximum Gasteiger partial charge on any atom is 0.208 e. The SMILES string of the molecule is Cn1c(Nc2ccc(Br)cc2)nc2cc(OC3=CCN(CC4CCNCC4)C=C3)ccc21. The first-order valence-electron chi connectivity index (χ1n) is 11.1. The van der Waals surface area contributed by atoms with Gasteiger partial charge in [0.15, 0.2) is 0 Å². The summed E-state index contributed by atoms with van der Waals surface area (Å²) in [6, 6.07) is 14.1. The van der Waals surface area contributed by atoms with Crippen LogP contribution in [-0.2, 0) is 7.05 Å². The summed E-state index contributed by atoms with van der Waals surface area (Å²) in [6.45, 7) is 4.30. The molecule has 2 aromatic carbocycles. The van der Waals surface area contributed by atoms with E-state index in [2.05, 4.69) is 60.4 Å². The molecule has 7 heteroatoms. The molecule has 3 heterocycles. The third-order valence-corrected chi connectivity index (χ3v) is 6.65. The van der Waals surface area contributed by atoms with Crippen molar-refractivity contribution in [2.75, 3.05) is 31.5 Å². The van der Waals surface area contributed by atoms with Crippen molar-refractivity contribution in [1.82, 2.24) is 19.8 Å². The molecule has 1 aromatic heterocycles. The average Bonchev–Trinajstić information content (AvgIpc) is 3.12. The van der Waals surface area contributed by atoms with Gasteiger partial charge in [-0.15, -0.1) is 0 Å². The van der Waals surface area contributed by atoms with Gasteiger partial charge in [-0.05, 0) is 80.4 Å². The molecule has 3 aromatic rings. The number of hydrogen-bond donors (Lipinski definition) is 2. The molecule has 2 N–H and O–H groups in total. The molecule has 5 rings (SSSR count). The van der Waals surface area contributed by atoms with Crippen LogP contribution < -0.4 is 15.4 Å². The van der Waals surface area contributed by atoms with E-state index < -0.39 is 0 Å². The van der Waals surface area contributed by atoms with Crippen molar-refractivity contribution < 1.29 is 4.74 Å². The van der Waals surface area contributed by atoms with Gasteiger partial charge < -0.3 is 24.8 Å². The van der Waals surface area contributed by atoms with Crippen LogP contribution in [0.2, 0.25) is 0 Å². The number of rotatable bonds is 6. The number of nitrogens with one attached hydrogen (secondary N) is 2. The van der Waals surface area contributed by atoms with E-state index >= 15 is 0 Å². The van der Waals surface area contributed by atoms with E-state index in [1.54, 1.807) is 0 Å². The first-order valence-corrected chi connectivity index (χ1v) is 11.9. The molecule has 0 radical (unpaired) electrons. The highest BCUT2D eigenvalue weighted by Crippen LogP contribution is 2.27. The Hall–Kier alpha value is -2.77. The summed E-state index contributed by atoms with van der Waals surface area (Å²) >= 11 is 3.47. The second-order valence-electron chi connectivity index (χ2n) is 8.45. The van der Waals surface area contributed by atoms with Crippen molar-refractivity contribution >= 4 is 38.6 Å². The predicted molar refractivity (Wildman–Crippen MR) is 133 cm³/mol. The zero-order valence-electron chi connectivity index (χ0n) is 18.2. The van der Waals surface area contributed by atoms with Crippen LogP contribution in [-0.4, -0.2) is 40.6 Å². The lowest BCUT2D eigenvalue weighted by Crippen LogP contribution is -2.34. The smallest absolute Gasteiger partial charge is 0.208 e. The second kappa shape index (κ2) is 9.38. The minimum Gasteiger partial charge on any atom is -0.458 e. The number of fused-ring (bicyclic) bond motifs is 1. The third-order valence-electron chi connectivity index (χ3n) is 6.12. The minimum absolute atomic E-state index is 0.781. The van der Waals surface area contributed by atoms with Crippen LogP contribution in [0.15, 0.2) is 71.0 Å². The Morgan fingerprint density at radius 3 is 2.72 bits per heavy atom. The highest BCUT2D eigenvalue weighted by atomic mass is 79.9. The topological polar surface area (TPSA) is 54.4 Å². The fraction of sp³-hybridized carbons (Fsp3) is 0.320. The standard InChI is InChI=1S/C25H28BrN5O/c1-30-24-7-6-22(16-23(24)29-25(30)28-20-4-2-19(26)3-5-20)32-21-10-14-31(15-11-21)17-18-8-12-27-13-9-18/h2-7,10-11,14,16,18,27H,8-9,12-13,15,17H2,1H3,(H,28,29). The van der Waals surface area contributed by atoms with E-state index in [0.29, 0.717) is 0 Å². The van der Waals surface area contributed by atoms with Crippen molar-refractivity contribution in [2.24, 2.45) is 13.0 Å². The lowest BCUT2D eigenvalue weighted by molar-refractivity contribution is 0.271. The molecule has 6 nitrogen and oxygen atoms in total. The lowest BCUT2D eigenvalue weighted by atomic mass is 9.97. The number of allylic oxidation sites excluding steroid dienone is 1. The number of aromatic nitrogens is 2. The molecule has 166 valence electrons. The monoisotopic (exact) mass is 493 g/mol. The molecule has 32 heavy (non-hydrogen) atoms. The quantitative estimate of drug-likeness (QED) is 0.495. The molecule has 0 unspecified atom stereocenters. The number of benzene rings is 2. The van der Waals surface area contributed by atoms with E-state index in [9.17, 15) is 0 Å². The predicted octanol–water partition coefficient (Wildman–Crippen LogP) is 5.17. The Morgan fingerprint density at radius 1 is 1.16 bits per heavy atom. The number of nitrogens with zero attached hydrogens (tertiary/aromatic N) is 3. The average molecular weight is 494 g/mol. The molecule has 1 saturated heterocycles. The largest absolute Gasteiger partial charge is 0.458 e. The fourth-order valence-corrected chi connectivity index (χ4v) is 4.54. The summed E-state index contributed by atoms with van der Waals surface area (Å²) in [4.78, 5) is 7.15. The van der Waals surface area contributed by atoms with E-state index in [-0.39, 0.29) is 0 Å². The van der Waals surface area contributed by atoms with Gasteiger partial charge in [-0.3, -0.25) is 0 Å². The molecule has 0 spiro atoms. The summed E-state index contributed by atoms with van der Waals surface area (Å²) in [7, 11) is 2.01. The van der Waals surface area contributed by atoms with Crippen LogP contribution in [0.4, 0.5) is 11.6 Å². The summed E-state index contributed by atoms with van der Waals surface area (Å²) in [6.07, 6.45) is 8.91. The molecule has 0 atom stereocenters. The van der Waals surface area contributed by atoms with Gasteiger partial charge in [-0.2, -0.15) is 0 Å². The maximum absolute atomic E-state index is 6.15. The normalized spacial score (nSPS) is 16.9. The van der Waals surface area contributed by atoms with Crippen molar-refractivity contribution in [1.29, 1.82) is 0 Å². The minimum atomic E-state index is 0.781. The van der Waals surface area contributed by atoms with Crippen LogP contribution >= 0.6 is 15.9 Å². The van der Waals surface area contributed by atoms with Crippen LogP contribution in [0.1, 0.15) is 12.8 Å². The van der Waals surface area contributed by atoms with Crippen molar-refractivity contribution in [3.63, 3.8) is 0 Å². The molecule has 0 bridgehead atoms. The molecule has 0 amide bonds. The molecule has 2 aliphatic rings. The summed E-state index contributed by atoms with van der Waals surface area (Å²) in [5.74, 6) is 3.26. The Kier molecular flexibility index (Phi) is 6.19. The first kappa shape index (κ1) is 21.1. The molecular weight excluding hydrogens is 466 g/mol. The Morgan fingerprint density at radius 2 is 1.97 bits per heavy atom. The first-order chi connectivity index (χ1) is 15.6. The Bertz CT molecular complexity index is 1150. The molecule has 0 aliphatic carbocycles. The van der Waals surface area contributed by atoms with Crippen LogP contribution in [0.25, 0.3) is 11.0 Å². The van der Waals surface area contributed by atoms with Gasteiger partial charge in [-0.1, -0.05) is 15.9 Å². The van der Waals surface area contributed by atoms with Gasteiger partial charge in [0.1, 0.15) is 11.5 Å². The number of imidazole rings is 1. The second-order valence-corrected chi connectivity index (χ2v) is 9.36. The van der Waals surface area contributed by atoms with E-state index in [1.807, 2.05) is 43.4 Å². The van der Waals surface area contributed by atoms with Crippen molar-refractivity contribution in [3.8, 4) is 5.75 Å². The number of halogens is 1. The van der Waals surface area contributed by atoms with E-state index in [4.69, 9.17) is 9.72 Å².